The second-order valence-electron chi connectivity index (χ2n) is 6.70. The molecule has 7 nitrogen and oxygen atoms in total. The van der Waals surface area contributed by atoms with Crippen molar-refractivity contribution in [1.29, 1.82) is 0 Å². The van der Waals surface area contributed by atoms with Crippen LogP contribution in [0.3, 0.4) is 0 Å². The van der Waals surface area contributed by atoms with Gasteiger partial charge in [0, 0.05) is 44.6 Å². The highest BCUT2D eigenvalue weighted by Crippen LogP contribution is 2.18. The summed E-state index contributed by atoms with van der Waals surface area (Å²) < 4.78 is 0. The van der Waals surface area contributed by atoms with E-state index in [-0.39, 0.29) is 17.9 Å². The molecule has 2 aliphatic rings. The van der Waals surface area contributed by atoms with E-state index in [9.17, 15) is 14.4 Å². The van der Waals surface area contributed by atoms with E-state index in [0.29, 0.717) is 37.3 Å². The molecule has 0 atom stereocenters. The Balaban J connectivity index is 1.63. The number of nitrogens with one attached hydrogen (secondary N) is 1. The van der Waals surface area contributed by atoms with Crippen molar-refractivity contribution in [2.75, 3.05) is 26.2 Å². The Labute approximate surface area is 147 Å². The average Bonchev–Trinajstić information content (AvgIpc) is 2.68. The summed E-state index contributed by atoms with van der Waals surface area (Å²) in [7, 11) is 0. The highest BCUT2D eigenvalue weighted by atomic mass is 16.2. The molecule has 1 aliphatic carbocycles. The van der Waals surface area contributed by atoms with Crippen molar-refractivity contribution in [1.82, 2.24) is 20.1 Å². The number of aromatic nitrogens is 1. The molecule has 1 saturated carbocycles. The molecule has 1 N–H and O–H groups in total. The summed E-state index contributed by atoms with van der Waals surface area (Å²) >= 11 is 0. The third kappa shape index (κ3) is 4.35. The van der Waals surface area contributed by atoms with Crippen molar-refractivity contribution in [2.45, 2.75) is 38.1 Å². The largest absolute Gasteiger partial charge is 0.349 e. The van der Waals surface area contributed by atoms with E-state index in [4.69, 9.17) is 0 Å². The van der Waals surface area contributed by atoms with E-state index in [2.05, 4.69) is 10.3 Å². The number of hydrogen-bond donors (Lipinski definition) is 1. The van der Waals surface area contributed by atoms with Crippen LogP contribution in [0.1, 0.15) is 52.8 Å². The second-order valence-corrected chi connectivity index (χ2v) is 6.70. The molecule has 0 unspecified atom stereocenters. The molecule has 1 aromatic heterocycles. The lowest BCUT2D eigenvalue weighted by Gasteiger charge is -2.32. The fourth-order valence-electron chi connectivity index (χ4n) is 3.41. The molecule has 0 radical (unpaired) electrons. The van der Waals surface area contributed by atoms with Gasteiger partial charge in [0.25, 0.3) is 11.8 Å². The molecule has 3 rings (SSSR count). The van der Waals surface area contributed by atoms with Gasteiger partial charge in [-0.25, -0.2) is 0 Å². The third-order valence-corrected chi connectivity index (χ3v) is 4.94. The van der Waals surface area contributed by atoms with Gasteiger partial charge in [0.2, 0.25) is 6.41 Å². The van der Waals surface area contributed by atoms with Gasteiger partial charge in [-0.2, -0.15) is 0 Å². The first kappa shape index (κ1) is 17.4. The number of rotatable bonds is 4. The minimum absolute atomic E-state index is 0.148. The van der Waals surface area contributed by atoms with Crippen LogP contribution in [0, 0.1) is 0 Å². The van der Waals surface area contributed by atoms with E-state index >= 15 is 0 Å². The molecule has 25 heavy (non-hydrogen) atoms. The van der Waals surface area contributed by atoms with Gasteiger partial charge < -0.3 is 15.1 Å². The predicted molar refractivity (Wildman–Crippen MR) is 92.1 cm³/mol. The molecule has 1 aromatic rings. The lowest BCUT2D eigenvalue weighted by Crippen LogP contribution is -2.48. The summed E-state index contributed by atoms with van der Waals surface area (Å²) in [6.45, 7) is 2.06. The van der Waals surface area contributed by atoms with E-state index in [1.807, 2.05) is 0 Å². The van der Waals surface area contributed by atoms with E-state index in [0.717, 1.165) is 32.1 Å². The quantitative estimate of drug-likeness (QED) is 0.828. The summed E-state index contributed by atoms with van der Waals surface area (Å²) in [4.78, 5) is 43.2. The number of pyridine rings is 1. The van der Waals surface area contributed by atoms with Gasteiger partial charge in [-0.3, -0.25) is 19.4 Å². The number of hydrogen-bond acceptors (Lipinski definition) is 4. The number of carbonyl (C=O) groups excluding carboxylic acids is 3. The summed E-state index contributed by atoms with van der Waals surface area (Å²) in [6, 6.07) is 1.83. The first-order valence-electron chi connectivity index (χ1n) is 8.92. The lowest BCUT2D eigenvalue weighted by molar-refractivity contribution is -0.119. The second kappa shape index (κ2) is 8.09. The Morgan fingerprint density at radius 2 is 1.72 bits per heavy atom. The zero-order valence-corrected chi connectivity index (χ0v) is 14.3. The van der Waals surface area contributed by atoms with Gasteiger partial charge in [-0.05, 0) is 18.9 Å². The molecule has 0 aromatic carbocycles. The van der Waals surface area contributed by atoms with Crippen molar-refractivity contribution in [3.05, 3.63) is 29.6 Å². The monoisotopic (exact) mass is 344 g/mol. The van der Waals surface area contributed by atoms with Crippen LogP contribution in [0.2, 0.25) is 0 Å². The average molecular weight is 344 g/mol. The highest BCUT2D eigenvalue weighted by Gasteiger charge is 2.23. The summed E-state index contributed by atoms with van der Waals surface area (Å²) in [5, 5.41) is 3.04. The van der Waals surface area contributed by atoms with Gasteiger partial charge in [0.05, 0.1) is 11.1 Å². The maximum atomic E-state index is 12.6. The standard InChI is InChI=1S/C18H24N4O3/c23-13-21-6-8-22(9-7-21)18(25)15-10-14(11-19-12-15)17(24)20-16-4-2-1-3-5-16/h10-13,16H,1-9H2,(H,20,24). The van der Waals surface area contributed by atoms with Crippen molar-refractivity contribution < 1.29 is 14.4 Å². The molecule has 134 valence electrons. The lowest BCUT2D eigenvalue weighted by atomic mass is 9.95. The molecule has 1 saturated heterocycles. The Morgan fingerprint density at radius 1 is 1.04 bits per heavy atom. The smallest absolute Gasteiger partial charge is 0.255 e. The molecule has 0 bridgehead atoms. The van der Waals surface area contributed by atoms with Gasteiger partial charge in [0.1, 0.15) is 0 Å². The fourth-order valence-corrected chi connectivity index (χ4v) is 3.41. The van der Waals surface area contributed by atoms with Crippen LogP contribution in [0.15, 0.2) is 18.5 Å². The summed E-state index contributed by atoms with van der Waals surface area (Å²) in [5.41, 5.74) is 0.832. The first-order valence-corrected chi connectivity index (χ1v) is 8.92. The minimum atomic E-state index is -0.167. The van der Waals surface area contributed by atoms with Crippen molar-refractivity contribution >= 4 is 18.2 Å². The molecule has 2 heterocycles. The fraction of sp³-hybridized carbons (Fsp3) is 0.556. The Hall–Kier alpha value is -2.44. The van der Waals surface area contributed by atoms with E-state index in [1.165, 1.54) is 18.8 Å². The number of piperazine rings is 1. The zero-order valence-electron chi connectivity index (χ0n) is 14.3. The maximum absolute atomic E-state index is 12.6. The third-order valence-electron chi connectivity index (χ3n) is 4.94. The van der Waals surface area contributed by atoms with Crippen molar-refractivity contribution in [3.63, 3.8) is 0 Å². The van der Waals surface area contributed by atoms with Crippen LogP contribution in [0.5, 0.6) is 0 Å². The summed E-state index contributed by atoms with van der Waals surface area (Å²) in [6.07, 6.45) is 9.35. The van der Waals surface area contributed by atoms with Crippen LogP contribution >= 0.6 is 0 Å². The van der Waals surface area contributed by atoms with Crippen LogP contribution in [-0.4, -0.2) is 65.2 Å². The zero-order chi connectivity index (χ0) is 17.6. The van der Waals surface area contributed by atoms with E-state index < -0.39 is 0 Å². The molecular weight excluding hydrogens is 320 g/mol. The van der Waals surface area contributed by atoms with Crippen molar-refractivity contribution in [3.8, 4) is 0 Å². The number of carbonyl (C=O) groups is 3. The topological polar surface area (TPSA) is 82.6 Å². The van der Waals surface area contributed by atoms with Gasteiger partial charge >= 0.3 is 0 Å². The normalized spacial score (nSPS) is 18.7. The Morgan fingerprint density at radius 3 is 2.40 bits per heavy atom. The van der Waals surface area contributed by atoms with Gasteiger partial charge in [-0.15, -0.1) is 0 Å². The van der Waals surface area contributed by atoms with Crippen LogP contribution in [0.25, 0.3) is 0 Å². The molecule has 2 fully saturated rings. The van der Waals surface area contributed by atoms with Crippen LogP contribution in [0.4, 0.5) is 0 Å². The van der Waals surface area contributed by atoms with Crippen LogP contribution < -0.4 is 5.32 Å². The molecule has 0 spiro atoms. The molecule has 1 aliphatic heterocycles. The SMILES string of the molecule is O=CN1CCN(C(=O)c2cncc(C(=O)NC3CCCCC3)c2)CC1. The van der Waals surface area contributed by atoms with Crippen LogP contribution in [-0.2, 0) is 4.79 Å². The van der Waals surface area contributed by atoms with Crippen molar-refractivity contribution in [2.24, 2.45) is 0 Å². The Kier molecular flexibility index (Phi) is 5.63. The molecular formula is C18H24N4O3. The number of amides is 3. The number of nitrogens with zero attached hydrogens (tertiary/aromatic N) is 3. The summed E-state index contributed by atoms with van der Waals surface area (Å²) in [5.74, 6) is -0.315. The minimum Gasteiger partial charge on any atom is -0.349 e. The van der Waals surface area contributed by atoms with Gasteiger partial charge in [-0.1, -0.05) is 19.3 Å². The van der Waals surface area contributed by atoms with Gasteiger partial charge in [0.15, 0.2) is 0 Å². The molecule has 7 heteroatoms. The highest BCUT2D eigenvalue weighted by molar-refractivity contribution is 5.99. The van der Waals surface area contributed by atoms with E-state index in [1.54, 1.807) is 15.9 Å². The molecule has 3 amide bonds. The maximum Gasteiger partial charge on any atom is 0.255 e. The predicted octanol–water partition coefficient (Wildman–Crippen LogP) is 1.06. The Bertz CT molecular complexity index is 635. The first-order chi connectivity index (χ1) is 12.2.